The zero-order valence-electron chi connectivity index (χ0n) is 7.79. The molecule has 0 saturated heterocycles. The van der Waals surface area contributed by atoms with Crippen molar-refractivity contribution < 1.29 is 4.42 Å². The maximum absolute atomic E-state index is 5.90. The molecule has 0 amide bonds. The van der Waals surface area contributed by atoms with Crippen molar-refractivity contribution in [2.45, 2.75) is 26.8 Å². The van der Waals surface area contributed by atoms with Crippen LogP contribution in [0.25, 0.3) is 0 Å². The van der Waals surface area contributed by atoms with Crippen LogP contribution in [0.5, 0.6) is 0 Å². The van der Waals surface area contributed by atoms with Gasteiger partial charge in [-0.05, 0) is 26.8 Å². The van der Waals surface area contributed by atoms with Crippen molar-refractivity contribution in [1.29, 1.82) is 0 Å². The molecule has 0 bridgehead atoms. The van der Waals surface area contributed by atoms with Gasteiger partial charge in [-0.15, -0.1) is 0 Å². The molecule has 0 aromatic carbocycles. The van der Waals surface area contributed by atoms with E-state index in [-0.39, 0.29) is 6.04 Å². The number of furan rings is 1. The molecule has 2 N–H and O–H groups in total. The van der Waals surface area contributed by atoms with Crippen molar-refractivity contribution in [3.05, 3.63) is 35.3 Å². The van der Waals surface area contributed by atoms with E-state index in [1.165, 1.54) is 5.57 Å². The molecule has 1 rings (SSSR count). The Morgan fingerprint density at radius 1 is 1.58 bits per heavy atom. The van der Waals surface area contributed by atoms with Crippen molar-refractivity contribution in [3.8, 4) is 0 Å². The number of nitrogens with two attached hydrogens (primary N) is 1. The summed E-state index contributed by atoms with van der Waals surface area (Å²) in [5.41, 5.74) is 8.20. The molecule has 1 heterocycles. The van der Waals surface area contributed by atoms with Crippen LogP contribution in [0.4, 0.5) is 0 Å². The third kappa shape index (κ3) is 1.98. The van der Waals surface area contributed by atoms with Crippen LogP contribution >= 0.6 is 0 Å². The summed E-state index contributed by atoms with van der Waals surface area (Å²) in [5, 5.41) is 0. The molecule has 0 saturated carbocycles. The first kappa shape index (κ1) is 9.07. The Kier molecular flexibility index (Phi) is 2.71. The van der Waals surface area contributed by atoms with Gasteiger partial charge in [0.2, 0.25) is 0 Å². The first-order chi connectivity index (χ1) is 5.61. The highest BCUT2D eigenvalue weighted by Gasteiger charge is 2.07. The molecular weight excluding hydrogens is 150 g/mol. The van der Waals surface area contributed by atoms with Crippen LogP contribution in [0.15, 0.2) is 28.4 Å². The molecule has 0 fully saturated rings. The van der Waals surface area contributed by atoms with Gasteiger partial charge in [0, 0.05) is 5.56 Å². The molecule has 2 nitrogen and oxygen atoms in total. The second-order valence-corrected chi connectivity index (χ2v) is 3.20. The minimum Gasteiger partial charge on any atom is -0.469 e. The third-order valence-corrected chi connectivity index (χ3v) is 1.77. The number of aryl methyl sites for hydroxylation is 1. The van der Waals surface area contributed by atoms with Crippen LogP contribution in [0, 0.1) is 6.92 Å². The summed E-state index contributed by atoms with van der Waals surface area (Å²) in [6.45, 7) is 6.00. The molecule has 2 heteroatoms. The lowest BCUT2D eigenvalue weighted by Crippen LogP contribution is -2.07. The molecule has 1 atom stereocenters. The topological polar surface area (TPSA) is 39.2 Å². The second kappa shape index (κ2) is 3.59. The molecule has 0 spiro atoms. The molecule has 1 aromatic heterocycles. The summed E-state index contributed by atoms with van der Waals surface area (Å²) < 4.78 is 5.16. The van der Waals surface area contributed by atoms with Crippen molar-refractivity contribution in [3.63, 3.8) is 0 Å². The number of allylic oxidation sites excluding steroid dienone is 1. The Morgan fingerprint density at radius 2 is 2.25 bits per heavy atom. The second-order valence-electron chi connectivity index (χ2n) is 3.20. The highest BCUT2D eigenvalue weighted by atomic mass is 16.3. The molecule has 12 heavy (non-hydrogen) atoms. The van der Waals surface area contributed by atoms with Gasteiger partial charge in [0.25, 0.3) is 0 Å². The molecular formula is C10H15NO. The van der Waals surface area contributed by atoms with Crippen LogP contribution < -0.4 is 5.73 Å². The molecule has 0 aliphatic rings. The van der Waals surface area contributed by atoms with Gasteiger partial charge in [0.15, 0.2) is 0 Å². The van der Waals surface area contributed by atoms with Crippen molar-refractivity contribution in [1.82, 2.24) is 0 Å². The lowest BCUT2D eigenvalue weighted by atomic mass is 10.1. The molecule has 0 radical (unpaired) electrons. The fourth-order valence-corrected chi connectivity index (χ4v) is 1.19. The SMILES string of the molecule is CC(C)=CC(N)c1ccoc1C. The number of hydrogen-bond acceptors (Lipinski definition) is 2. The Balaban J connectivity index is 2.85. The largest absolute Gasteiger partial charge is 0.469 e. The predicted octanol–water partition coefficient (Wildman–Crippen LogP) is 2.55. The van der Waals surface area contributed by atoms with E-state index < -0.39 is 0 Å². The third-order valence-electron chi connectivity index (χ3n) is 1.77. The van der Waals surface area contributed by atoms with E-state index >= 15 is 0 Å². The average Bonchev–Trinajstić information content (AvgIpc) is 2.33. The van der Waals surface area contributed by atoms with Gasteiger partial charge in [-0.2, -0.15) is 0 Å². The Hall–Kier alpha value is -1.02. The van der Waals surface area contributed by atoms with Crippen molar-refractivity contribution in [2.24, 2.45) is 5.73 Å². The van der Waals surface area contributed by atoms with Crippen LogP contribution in [0.1, 0.15) is 31.2 Å². The summed E-state index contributed by atoms with van der Waals surface area (Å²) >= 11 is 0. The van der Waals surface area contributed by atoms with E-state index in [1.54, 1.807) is 6.26 Å². The first-order valence-corrected chi connectivity index (χ1v) is 4.06. The Morgan fingerprint density at radius 3 is 2.67 bits per heavy atom. The number of rotatable bonds is 2. The lowest BCUT2D eigenvalue weighted by molar-refractivity contribution is 0.528. The van der Waals surface area contributed by atoms with E-state index in [2.05, 4.69) is 0 Å². The van der Waals surface area contributed by atoms with E-state index in [1.807, 2.05) is 32.9 Å². The summed E-state index contributed by atoms with van der Waals surface area (Å²) in [6, 6.07) is 1.88. The summed E-state index contributed by atoms with van der Waals surface area (Å²) in [4.78, 5) is 0. The predicted molar refractivity (Wildman–Crippen MR) is 49.8 cm³/mol. The fraction of sp³-hybridized carbons (Fsp3) is 0.400. The first-order valence-electron chi connectivity index (χ1n) is 4.06. The van der Waals surface area contributed by atoms with E-state index in [0.717, 1.165) is 11.3 Å². The Bertz CT molecular complexity index is 282. The quantitative estimate of drug-likeness (QED) is 0.684. The summed E-state index contributed by atoms with van der Waals surface area (Å²) in [7, 11) is 0. The minimum atomic E-state index is -0.0336. The van der Waals surface area contributed by atoms with Crippen molar-refractivity contribution >= 4 is 0 Å². The van der Waals surface area contributed by atoms with Crippen LogP contribution in [-0.4, -0.2) is 0 Å². The smallest absolute Gasteiger partial charge is 0.105 e. The minimum absolute atomic E-state index is 0.0336. The van der Waals surface area contributed by atoms with E-state index in [0.29, 0.717) is 0 Å². The van der Waals surface area contributed by atoms with Gasteiger partial charge in [0.1, 0.15) is 5.76 Å². The highest BCUT2D eigenvalue weighted by Crippen LogP contribution is 2.18. The van der Waals surface area contributed by atoms with Crippen LogP contribution in [0.3, 0.4) is 0 Å². The fourth-order valence-electron chi connectivity index (χ4n) is 1.19. The standard InChI is InChI=1S/C10H15NO/c1-7(2)6-10(11)9-4-5-12-8(9)3/h4-6,10H,11H2,1-3H3. The molecule has 1 unspecified atom stereocenters. The maximum Gasteiger partial charge on any atom is 0.105 e. The lowest BCUT2D eigenvalue weighted by Gasteiger charge is -2.05. The van der Waals surface area contributed by atoms with Gasteiger partial charge in [-0.3, -0.25) is 0 Å². The van der Waals surface area contributed by atoms with Crippen LogP contribution in [-0.2, 0) is 0 Å². The van der Waals surface area contributed by atoms with E-state index in [4.69, 9.17) is 10.2 Å². The van der Waals surface area contributed by atoms with Gasteiger partial charge >= 0.3 is 0 Å². The van der Waals surface area contributed by atoms with Crippen molar-refractivity contribution in [2.75, 3.05) is 0 Å². The van der Waals surface area contributed by atoms with Gasteiger partial charge < -0.3 is 10.2 Å². The maximum atomic E-state index is 5.90. The molecule has 0 aliphatic carbocycles. The number of hydrogen-bond donors (Lipinski definition) is 1. The summed E-state index contributed by atoms with van der Waals surface area (Å²) in [5.74, 6) is 0.903. The van der Waals surface area contributed by atoms with Crippen LogP contribution in [0.2, 0.25) is 0 Å². The van der Waals surface area contributed by atoms with Gasteiger partial charge in [0.05, 0.1) is 12.3 Å². The van der Waals surface area contributed by atoms with Gasteiger partial charge in [-0.25, -0.2) is 0 Å². The normalized spacial score (nSPS) is 12.7. The van der Waals surface area contributed by atoms with E-state index in [9.17, 15) is 0 Å². The van der Waals surface area contributed by atoms with Gasteiger partial charge in [-0.1, -0.05) is 11.6 Å². The zero-order valence-corrected chi connectivity index (χ0v) is 7.79. The highest BCUT2D eigenvalue weighted by molar-refractivity contribution is 5.24. The molecule has 0 aliphatic heterocycles. The zero-order chi connectivity index (χ0) is 9.14. The monoisotopic (exact) mass is 165 g/mol. The average molecular weight is 165 g/mol. The Labute approximate surface area is 73.1 Å². The summed E-state index contributed by atoms with van der Waals surface area (Å²) in [6.07, 6.45) is 3.70. The molecule has 66 valence electrons. The molecule has 1 aromatic rings.